The fourth-order valence-corrected chi connectivity index (χ4v) is 2.93. The van der Waals surface area contributed by atoms with Crippen molar-refractivity contribution in [2.24, 2.45) is 0 Å². The van der Waals surface area contributed by atoms with E-state index in [2.05, 4.69) is 20.9 Å². The van der Waals surface area contributed by atoms with Gasteiger partial charge >= 0.3 is 0 Å². The Labute approximate surface area is 110 Å². The Morgan fingerprint density at radius 3 is 3.06 bits per heavy atom. The summed E-state index contributed by atoms with van der Waals surface area (Å²) < 4.78 is 0. The molecule has 1 amide bonds. The van der Waals surface area contributed by atoms with E-state index in [0.717, 1.165) is 24.7 Å². The first-order valence-corrected chi connectivity index (χ1v) is 7.22. The third kappa shape index (κ3) is 3.06. The van der Waals surface area contributed by atoms with Crippen LogP contribution in [0.5, 0.6) is 0 Å². The van der Waals surface area contributed by atoms with Crippen LogP contribution in [-0.2, 0) is 0 Å². The summed E-state index contributed by atoms with van der Waals surface area (Å²) in [7, 11) is 0. The summed E-state index contributed by atoms with van der Waals surface area (Å²) in [5.74, 6) is 0.115. The molecule has 1 aliphatic heterocycles. The lowest BCUT2D eigenvalue weighted by atomic mass is 10.1. The zero-order valence-electron chi connectivity index (χ0n) is 9.81. The number of likely N-dealkylation sites (tertiary alicyclic amines) is 1. The topological polar surface area (TPSA) is 33.2 Å². The average molecular weight is 297 g/mol. The molecule has 2 rings (SSSR count). The van der Waals surface area contributed by atoms with Crippen molar-refractivity contribution < 1.29 is 4.79 Å². The molecule has 3 nitrogen and oxygen atoms in total. The lowest BCUT2D eigenvalue weighted by molar-refractivity contribution is 0.0702. The Hall–Kier alpha value is -0.900. The van der Waals surface area contributed by atoms with Crippen LogP contribution < -0.4 is 0 Å². The highest BCUT2D eigenvalue weighted by Gasteiger charge is 2.25. The maximum absolute atomic E-state index is 12.4. The highest BCUT2D eigenvalue weighted by Crippen LogP contribution is 2.20. The first-order valence-electron chi connectivity index (χ1n) is 6.10. The summed E-state index contributed by atoms with van der Waals surface area (Å²) >= 11 is 3.52. The molecule has 1 aliphatic rings. The summed E-state index contributed by atoms with van der Waals surface area (Å²) in [6.45, 7) is 0.865. The molecule has 1 aromatic heterocycles. The summed E-state index contributed by atoms with van der Waals surface area (Å²) in [6.07, 6.45) is 7.99. The molecular formula is C13H17BrN2O. The van der Waals surface area contributed by atoms with Crippen LogP contribution in [0.1, 0.15) is 36.0 Å². The van der Waals surface area contributed by atoms with Crippen molar-refractivity contribution in [3.63, 3.8) is 0 Å². The van der Waals surface area contributed by atoms with Crippen LogP contribution in [0.15, 0.2) is 24.5 Å². The van der Waals surface area contributed by atoms with Gasteiger partial charge in [0.2, 0.25) is 0 Å². The first-order chi connectivity index (χ1) is 8.33. The maximum atomic E-state index is 12.4. The molecule has 0 aliphatic carbocycles. The fourth-order valence-electron chi connectivity index (χ4n) is 2.26. The van der Waals surface area contributed by atoms with E-state index >= 15 is 0 Å². The third-order valence-corrected chi connectivity index (χ3v) is 3.97. The van der Waals surface area contributed by atoms with Gasteiger partial charge in [0.25, 0.3) is 5.91 Å². The van der Waals surface area contributed by atoms with E-state index in [1.807, 2.05) is 17.0 Å². The van der Waals surface area contributed by atoms with Crippen molar-refractivity contribution in [3.8, 4) is 0 Å². The number of alkyl halides is 1. The standard InChI is InChI=1S/C13H17BrN2O/c14-9-12-6-2-1-3-8-16(12)13(17)11-5-4-7-15-10-11/h4-5,7,10,12H,1-3,6,8-9H2. The molecule has 2 heterocycles. The molecule has 1 aromatic rings. The minimum absolute atomic E-state index is 0.115. The van der Waals surface area contributed by atoms with Gasteiger partial charge in [-0.25, -0.2) is 0 Å². The minimum Gasteiger partial charge on any atom is -0.335 e. The van der Waals surface area contributed by atoms with Gasteiger partial charge in [-0.1, -0.05) is 28.8 Å². The molecule has 1 fully saturated rings. The first kappa shape index (κ1) is 12.6. The van der Waals surface area contributed by atoms with Gasteiger partial charge in [-0.15, -0.1) is 0 Å². The van der Waals surface area contributed by atoms with E-state index in [-0.39, 0.29) is 5.91 Å². The van der Waals surface area contributed by atoms with E-state index < -0.39 is 0 Å². The van der Waals surface area contributed by atoms with Gasteiger partial charge in [-0.05, 0) is 25.0 Å². The molecule has 17 heavy (non-hydrogen) atoms. The largest absolute Gasteiger partial charge is 0.335 e. The fraction of sp³-hybridized carbons (Fsp3) is 0.538. The Morgan fingerprint density at radius 2 is 2.35 bits per heavy atom. The van der Waals surface area contributed by atoms with Gasteiger partial charge in [0.05, 0.1) is 5.56 Å². The van der Waals surface area contributed by atoms with E-state index in [1.165, 1.54) is 12.8 Å². The molecule has 0 aromatic carbocycles. The second-order valence-electron chi connectivity index (χ2n) is 4.40. The quantitative estimate of drug-likeness (QED) is 0.786. The average Bonchev–Trinajstić information content (AvgIpc) is 2.64. The lowest BCUT2D eigenvalue weighted by Gasteiger charge is -2.28. The van der Waals surface area contributed by atoms with Gasteiger partial charge in [0.1, 0.15) is 0 Å². The Balaban J connectivity index is 2.16. The second kappa shape index (κ2) is 6.15. The number of hydrogen-bond acceptors (Lipinski definition) is 2. The van der Waals surface area contributed by atoms with Crippen LogP contribution in [0.25, 0.3) is 0 Å². The molecule has 0 saturated carbocycles. The van der Waals surface area contributed by atoms with Crippen LogP contribution in [0.2, 0.25) is 0 Å². The molecule has 1 atom stereocenters. The number of aromatic nitrogens is 1. The molecule has 4 heteroatoms. The second-order valence-corrected chi connectivity index (χ2v) is 5.05. The van der Waals surface area contributed by atoms with Crippen molar-refractivity contribution in [1.29, 1.82) is 0 Å². The van der Waals surface area contributed by atoms with Crippen LogP contribution in [0.4, 0.5) is 0 Å². The smallest absolute Gasteiger partial charge is 0.255 e. The molecule has 1 saturated heterocycles. The number of amides is 1. The number of pyridine rings is 1. The highest BCUT2D eigenvalue weighted by atomic mass is 79.9. The van der Waals surface area contributed by atoms with Gasteiger partial charge in [-0.2, -0.15) is 0 Å². The van der Waals surface area contributed by atoms with Crippen molar-refractivity contribution in [2.45, 2.75) is 31.7 Å². The van der Waals surface area contributed by atoms with Crippen LogP contribution in [-0.4, -0.2) is 33.7 Å². The molecule has 0 N–H and O–H groups in total. The lowest BCUT2D eigenvalue weighted by Crippen LogP contribution is -2.41. The number of carbonyl (C=O) groups is 1. The van der Waals surface area contributed by atoms with E-state index in [9.17, 15) is 4.79 Å². The van der Waals surface area contributed by atoms with Crippen LogP contribution in [0.3, 0.4) is 0 Å². The van der Waals surface area contributed by atoms with Gasteiger partial charge in [0.15, 0.2) is 0 Å². The van der Waals surface area contributed by atoms with Crippen molar-refractivity contribution in [2.75, 3.05) is 11.9 Å². The van der Waals surface area contributed by atoms with Gasteiger partial charge < -0.3 is 4.90 Å². The summed E-state index contributed by atoms with van der Waals surface area (Å²) in [4.78, 5) is 18.4. The number of nitrogens with zero attached hydrogens (tertiary/aromatic N) is 2. The molecular weight excluding hydrogens is 280 g/mol. The van der Waals surface area contributed by atoms with E-state index in [1.54, 1.807) is 12.4 Å². The Kier molecular flexibility index (Phi) is 4.54. The molecule has 0 bridgehead atoms. The zero-order valence-corrected chi connectivity index (χ0v) is 11.4. The molecule has 0 spiro atoms. The molecule has 0 radical (unpaired) electrons. The summed E-state index contributed by atoms with van der Waals surface area (Å²) in [6, 6.07) is 3.98. The van der Waals surface area contributed by atoms with Crippen molar-refractivity contribution in [1.82, 2.24) is 9.88 Å². The van der Waals surface area contributed by atoms with Crippen LogP contribution in [0, 0.1) is 0 Å². The number of rotatable bonds is 2. The highest BCUT2D eigenvalue weighted by molar-refractivity contribution is 9.09. The van der Waals surface area contributed by atoms with Crippen molar-refractivity contribution in [3.05, 3.63) is 30.1 Å². The van der Waals surface area contributed by atoms with Crippen molar-refractivity contribution >= 4 is 21.8 Å². The normalized spacial score (nSPS) is 21.0. The van der Waals surface area contributed by atoms with Gasteiger partial charge in [-0.3, -0.25) is 9.78 Å². The monoisotopic (exact) mass is 296 g/mol. The zero-order chi connectivity index (χ0) is 12.1. The minimum atomic E-state index is 0.115. The third-order valence-electron chi connectivity index (χ3n) is 3.22. The molecule has 1 unspecified atom stereocenters. The Morgan fingerprint density at radius 1 is 1.47 bits per heavy atom. The predicted octanol–water partition coefficient (Wildman–Crippen LogP) is 2.86. The summed E-state index contributed by atoms with van der Waals surface area (Å²) in [5.41, 5.74) is 0.695. The van der Waals surface area contributed by atoms with E-state index in [0.29, 0.717) is 11.6 Å². The van der Waals surface area contributed by atoms with Crippen LogP contribution >= 0.6 is 15.9 Å². The predicted molar refractivity (Wildman–Crippen MR) is 71.3 cm³/mol. The summed E-state index contributed by atoms with van der Waals surface area (Å²) in [5, 5.41) is 0.860. The van der Waals surface area contributed by atoms with E-state index in [4.69, 9.17) is 0 Å². The molecule has 92 valence electrons. The van der Waals surface area contributed by atoms with Gasteiger partial charge in [0, 0.05) is 30.3 Å². The number of hydrogen-bond donors (Lipinski definition) is 0. The maximum Gasteiger partial charge on any atom is 0.255 e. The Bertz CT molecular complexity index is 369. The number of halogens is 1. The SMILES string of the molecule is O=C(c1cccnc1)N1CCCCCC1CBr. The number of carbonyl (C=O) groups excluding carboxylic acids is 1.